The van der Waals surface area contributed by atoms with Crippen molar-refractivity contribution in [1.82, 2.24) is 14.5 Å². The highest BCUT2D eigenvalue weighted by molar-refractivity contribution is 7.89. The molecule has 8 heteroatoms. The molecule has 0 saturated carbocycles. The van der Waals surface area contributed by atoms with Crippen molar-refractivity contribution in [2.24, 2.45) is 0 Å². The molecule has 0 bridgehead atoms. The van der Waals surface area contributed by atoms with Gasteiger partial charge in [0.2, 0.25) is 10.0 Å². The zero-order valence-corrected chi connectivity index (χ0v) is 14.1. The van der Waals surface area contributed by atoms with E-state index in [1.165, 1.54) is 11.4 Å². The number of aromatic nitrogens is 2. The number of H-pyrrole nitrogens is 2. The second-order valence-electron chi connectivity index (χ2n) is 5.71. The Morgan fingerprint density at radius 3 is 2.57 bits per heavy atom. The van der Waals surface area contributed by atoms with Gasteiger partial charge >= 0.3 is 0 Å². The summed E-state index contributed by atoms with van der Waals surface area (Å²) in [6, 6.07) is 3.35. The maximum atomic E-state index is 13.0. The van der Waals surface area contributed by atoms with Crippen LogP contribution in [0.25, 0.3) is 0 Å². The van der Waals surface area contributed by atoms with Crippen LogP contribution in [0.2, 0.25) is 0 Å². The number of rotatable bonds is 3. The van der Waals surface area contributed by atoms with Crippen LogP contribution in [0.4, 0.5) is 0 Å². The quantitative estimate of drug-likeness (QED) is 0.876. The highest BCUT2D eigenvalue weighted by Crippen LogP contribution is 2.31. The lowest BCUT2D eigenvalue weighted by atomic mass is 10.1. The minimum atomic E-state index is -3.74. The standard InChI is InChI=1S/C15H19N3O4S/c1-9-6-13(22-3)14(7-10(9)2)23(20,21)18-5-4-12-11(8-18)15(19)17-16-12/h6-7H,4-5,8H2,1-3H3,(H2,16,17,19). The Labute approximate surface area is 134 Å². The van der Waals surface area contributed by atoms with Crippen LogP contribution in [0.3, 0.4) is 0 Å². The van der Waals surface area contributed by atoms with Crippen molar-refractivity contribution in [1.29, 1.82) is 0 Å². The van der Waals surface area contributed by atoms with Gasteiger partial charge in [-0.2, -0.15) is 4.31 Å². The normalized spacial score (nSPS) is 15.4. The van der Waals surface area contributed by atoms with Crippen LogP contribution >= 0.6 is 0 Å². The highest BCUT2D eigenvalue weighted by Gasteiger charge is 2.32. The summed E-state index contributed by atoms with van der Waals surface area (Å²) in [5.74, 6) is 0.321. The summed E-state index contributed by atoms with van der Waals surface area (Å²) >= 11 is 0. The third-order valence-electron chi connectivity index (χ3n) is 4.31. The minimum Gasteiger partial charge on any atom is -0.495 e. The molecule has 0 unspecified atom stereocenters. The average Bonchev–Trinajstić information content (AvgIpc) is 2.90. The van der Waals surface area contributed by atoms with Crippen LogP contribution in [-0.2, 0) is 23.0 Å². The van der Waals surface area contributed by atoms with Crippen molar-refractivity contribution in [3.05, 3.63) is 44.9 Å². The average molecular weight is 337 g/mol. The molecule has 2 N–H and O–H groups in total. The largest absolute Gasteiger partial charge is 0.495 e. The van der Waals surface area contributed by atoms with Gasteiger partial charge < -0.3 is 9.84 Å². The van der Waals surface area contributed by atoms with Crippen LogP contribution in [0, 0.1) is 13.8 Å². The molecule has 0 radical (unpaired) electrons. The van der Waals surface area contributed by atoms with Crippen LogP contribution < -0.4 is 10.3 Å². The number of hydrogen-bond acceptors (Lipinski definition) is 4. The van der Waals surface area contributed by atoms with Gasteiger partial charge in [0.1, 0.15) is 10.6 Å². The van der Waals surface area contributed by atoms with E-state index in [2.05, 4.69) is 10.2 Å². The summed E-state index contributed by atoms with van der Waals surface area (Å²) < 4.78 is 32.6. The summed E-state index contributed by atoms with van der Waals surface area (Å²) in [7, 11) is -2.29. The van der Waals surface area contributed by atoms with Gasteiger partial charge in [0, 0.05) is 25.2 Å². The van der Waals surface area contributed by atoms with Crippen molar-refractivity contribution in [2.75, 3.05) is 13.7 Å². The van der Waals surface area contributed by atoms with Crippen molar-refractivity contribution >= 4 is 10.0 Å². The minimum absolute atomic E-state index is 0.0621. The van der Waals surface area contributed by atoms with E-state index in [0.29, 0.717) is 24.3 Å². The van der Waals surface area contributed by atoms with Gasteiger partial charge in [-0.25, -0.2) is 8.42 Å². The van der Waals surface area contributed by atoms with E-state index in [0.717, 1.165) is 16.8 Å². The van der Waals surface area contributed by atoms with Gasteiger partial charge in [-0.05, 0) is 37.1 Å². The molecular weight excluding hydrogens is 318 g/mol. The zero-order valence-electron chi connectivity index (χ0n) is 13.3. The second-order valence-corrected chi connectivity index (χ2v) is 7.62. The van der Waals surface area contributed by atoms with E-state index in [-0.39, 0.29) is 17.0 Å². The Hall–Kier alpha value is -2.06. The highest BCUT2D eigenvalue weighted by atomic mass is 32.2. The Morgan fingerprint density at radius 1 is 1.17 bits per heavy atom. The summed E-state index contributed by atoms with van der Waals surface area (Å²) in [6.45, 7) is 4.14. The van der Waals surface area contributed by atoms with E-state index < -0.39 is 10.0 Å². The fourth-order valence-corrected chi connectivity index (χ4v) is 4.39. The fourth-order valence-electron chi connectivity index (χ4n) is 2.76. The van der Waals surface area contributed by atoms with Crippen molar-refractivity contribution in [2.45, 2.75) is 31.7 Å². The van der Waals surface area contributed by atoms with Crippen LogP contribution in [0.1, 0.15) is 22.4 Å². The third-order valence-corrected chi connectivity index (χ3v) is 6.18. The Balaban J connectivity index is 2.05. The first-order valence-electron chi connectivity index (χ1n) is 7.28. The number of benzene rings is 1. The molecule has 1 aromatic heterocycles. The maximum absolute atomic E-state index is 13.0. The molecule has 0 fully saturated rings. The molecule has 23 heavy (non-hydrogen) atoms. The summed E-state index contributed by atoms with van der Waals surface area (Å²) in [4.78, 5) is 11.9. The Kier molecular flexibility index (Phi) is 3.81. The molecule has 0 saturated heterocycles. The lowest BCUT2D eigenvalue weighted by Crippen LogP contribution is -2.37. The van der Waals surface area contributed by atoms with E-state index in [9.17, 15) is 13.2 Å². The molecule has 3 rings (SSSR count). The Morgan fingerprint density at radius 2 is 1.87 bits per heavy atom. The molecule has 0 aliphatic carbocycles. The first-order valence-corrected chi connectivity index (χ1v) is 8.72. The molecular formula is C15H19N3O4S. The van der Waals surface area contributed by atoms with E-state index in [4.69, 9.17) is 4.74 Å². The molecule has 0 amide bonds. The first-order chi connectivity index (χ1) is 10.8. The molecule has 2 heterocycles. The number of methoxy groups -OCH3 is 1. The lowest BCUT2D eigenvalue weighted by Gasteiger charge is -2.26. The number of ether oxygens (including phenoxy) is 1. The molecule has 1 aliphatic heterocycles. The molecule has 1 aliphatic rings. The SMILES string of the molecule is COc1cc(C)c(C)cc1S(=O)(=O)N1CCc2[nH][nH]c(=O)c2C1. The number of hydrogen-bond donors (Lipinski definition) is 2. The summed E-state index contributed by atoms with van der Waals surface area (Å²) in [5.41, 5.74) is 2.81. The molecule has 1 aromatic carbocycles. The third kappa shape index (κ3) is 2.57. The number of fused-ring (bicyclic) bond motifs is 1. The molecule has 7 nitrogen and oxygen atoms in total. The molecule has 2 aromatic rings. The van der Waals surface area contributed by atoms with Gasteiger partial charge in [0.05, 0.1) is 12.7 Å². The van der Waals surface area contributed by atoms with Gasteiger partial charge in [0.15, 0.2) is 0 Å². The second kappa shape index (κ2) is 5.54. The van der Waals surface area contributed by atoms with Gasteiger partial charge in [-0.3, -0.25) is 9.89 Å². The fraction of sp³-hybridized carbons (Fsp3) is 0.400. The number of nitrogens with one attached hydrogen (secondary N) is 2. The Bertz CT molecular complexity index is 911. The molecule has 0 atom stereocenters. The first kappa shape index (κ1) is 15.8. The van der Waals surface area contributed by atoms with Crippen molar-refractivity contribution in [3.8, 4) is 5.75 Å². The predicted molar refractivity (Wildman–Crippen MR) is 85.2 cm³/mol. The van der Waals surface area contributed by atoms with Crippen LogP contribution in [0.15, 0.2) is 21.8 Å². The van der Waals surface area contributed by atoms with Crippen LogP contribution in [0.5, 0.6) is 5.75 Å². The number of nitrogens with zero attached hydrogens (tertiary/aromatic N) is 1. The van der Waals surface area contributed by atoms with E-state index in [1.807, 2.05) is 13.8 Å². The van der Waals surface area contributed by atoms with Gasteiger partial charge in [0.25, 0.3) is 5.56 Å². The lowest BCUT2D eigenvalue weighted by molar-refractivity contribution is 0.376. The predicted octanol–water partition coefficient (Wildman–Crippen LogP) is 1.08. The van der Waals surface area contributed by atoms with Crippen molar-refractivity contribution in [3.63, 3.8) is 0 Å². The molecule has 0 spiro atoms. The number of sulfonamides is 1. The van der Waals surface area contributed by atoms with Gasteiger partial charge in [-0.15, -0.1) is 0 Å². The zero-order chi connectivity index (χ0) is 16.8. The van der Waals surface area contributed by atoms with Gasteiger partial charge in [-0.1, -0.05) is 0 Å². The smallest absolute Gasteiger partial charge is 0.268 e. The van der Waals surface area contributed by atoms with Crippen molar-refractivity contribution < 1.29 is 13.2 Å². The van der Waals surface area contributed by atoms with E-state index >= 15 is 0 Å². The topological polar surface area (TPSA) is 95.3 Å². The number of aromatic amines is 2. The van der Waals surface area contributed by atoms with E-state index in [1.54, 1.807) is 12.1 Å². The van der Waals surface area contributed by atoms with Crippen LogP contribution in [-0.4, -0.2) is 36.6 Å². The monoisotopic (exact) mass is 337 g/mol. The molecule has 124 valence electrons. The maximum Gasteiger partial charge on any atom is 0.268 e. The summed E-state index contributed by atoms with van der Waals surface area (Å²) in [5, 5.41) is 5.30. The summed E-state index contributed by atoms with van der Waals surface area (Å²) in [6.07, 6.45) is 0.473. The number of aryl methyl sites for hydroxylation is 2.